The van der Waals surface area contributed by atoms with E-state index in [9.17, 15) is 0 Å². The molecule has 1 unspecified atom stereocenters. The summed E-state index contributed by atoms with van der Waals surface area (Å²) in [5.74, 6) is 2.20. The second-order valence-corrected chi connectivity index (χ2v) is 14.5. The molecule has 0 bridgehead atoms. The summed E-state index contributed by atoms with van der Waals surface area (Å²) in [5.41, 5.74) is 11.4. The van der Waals surface area contributed by atoms with Gasteiger partial charge >= 0.3 is 0 Å². The molecule has 3 heterocycles. The Morgan fingerprint density at radius 3 is 1.98 bits per heavy atom. The van der Waals surface area contributed by atoms with Gasteiger partial charge in [-0.2, -0.15) is 0 Å². The lowest BCUT2D eigenvalue weighted by Crippen LogP contribution is -2.12. The number of fused-ring (bicyclic) bond motifs is 10. The van der Waals surface area contributed by atoms with Gasteiger partial charge in [-0.1, -0.05) is 127 Å². The van der Waals surface area contributed by atoms with E-state index in [1.54, 1.807) is 11.3 Å². The number of nitrogens with zero attached hydrogens (tertiary/aromatic N) is 3. The third kappa shape index (κ3) is 4.56. The van der Waals surface area contributed by atoms with Crippen LogP contribution in [0.1, 0.15) is 22.6 Å². The van der Waals surface area contributed by atoms with Crippen LogP contribution in [0.25, 0.3) is 87.4 Å². The van der Waals surface area contributed by atoms with Crippen molar-refractivity contribution in [1.82, 2.24) is 15.0 Å². The van der Waals surface area contributed by atoms with Crippen LogP contribution in [-0.2, 0) is 6.42 Å². The fourth-order valence-corrected chi connectivity index (χ4v) is 9.29. The first-order valence-corrected chi connectivity index (χ1v) is 18.4. The summed E-state index contributed by atoms with van der Waals surface area (Å²) in [7, 11) is 0. The van der Waals surface area contributed by atoms with E-state index >= 15 is 0 Å². The molecule has 0 fully saturated rings. The summed E-state index contributed by atoms with van der Waals surface area (Å²) < 4.78 is 9.00. The van der Waals surface area contributed by atoms with E-state index < -0.39 is 0 Å². The Kier molecular flexibility index (Phi) is 6.51. The van der Waals surface area contributed by atoms with Crippen LogP contribution in [0.4, 0.5) is 0 Å². The fourth-order valence-electron chi connectivity index (χ4n) is 8.10. The van der Waals surface area contributed by atoms with E-state index in [2.05, 4.69) is 115 Å². The Bertz CT molecular complexity index is 2940. The molecule has 10 aromatic rings. The summed E-state index contributed by atoms with van der Waals surface area (Å²) in [6.45, 7) is 0. The number of hydrogen-bond donors (Lipinski definition) is 0. The van der Waals surface area contributed by atoms with Gasteiger partial charge in [0.25, 0.3) is 0 Å². The van der Waals surface area contributed by atoms with Gasteiger partial charge in [-0.25, -0.2) is 15.0 Å². The second-order valence-electron chi connectivity index (χ2n) is 13.5. The van der Waals surface area contributed by atoms with E-state index in [4.69, 9.17) is 19.4 Å². The number of benzene rings is 7. The molecule has 0 N–H and O–H groups in total. The maximum absolute atomic E-state index is 6.58. The van der Waals surface area contributed by atoms with Crippen molar-refractivity contribution in [2.24, 2.45) is 0 Å². The molecule has 0 spiro atoms. The Morgan fingerprint density at radius 1 is 0.500 bits per heavy atom. The minimum Gasteiger partial charge on any atom is -0.456 e. The van der Waals surface area contributed by atoms with Crippen LogP contribution >= 0.6 is 11.3 Å². The van der Waals surface area contributed by atoms with Gasteiger partial charge in [0.1, 0.15) is 11.2 Å². The lowest BCUT2D eigenvalue weighted by atomic mass is 9.75. The number of furan rings is 1. The van der Waals surface area contributed by atoms with E-state index in [-0.39, 0.29) is 5.92 Å². The molecule has 1 aliphatic rings. The van der Waals surface area contributed by atoms with Crippen LogP contribution in [0.5, 0.6) is 0 Å². The SMILES string of the molecule is c1ccc(-c2nc(-c3ccccc3)nc(-c3cccc4c3sc3ccc(C5Cc6c(ccc7c6oc6ccccc67)-c6ccccc65)cc34)n2)cc1. The predicted octanol–water partition coefficient (Wildman–Crippen LogP) is 12.5. The van der Waals surface area contributed by atoms with E-state index in [1.807, 2.05) is 42.5 Å². The average Bonchev–Trinajstić information content (AvgIpc) is 3.79. The lowest BCUT2D eigenvalue weighted by Gasteiger charge is -2.28. The summed E-state index contributed by atoms with van der Waals surface area (Å²) >= 11 is 1.80. The Labute approximate surface area is 303 Å². The summed E-state index contributed by atoms with van der Waals surface area (Å²) in [6.07, 6.45) is 0.873. The van der Waals surface area contributed by atoms with Gasteiger partial charge in [-0.15, -0.1) is 11.3 Å². The van der Waals surface area contributed by atoms with Crippen molar-refractivity contribution in [3.63, 3.8) is 0 Å². The number of rotatable bonds is 4. The van der Waals surface area contributed by atoms with Crippen molar-refractivity contribution < 1.29 is 4.42 Å². The standard InChI is InChI=1S/C47H29N3OS/c1-3-12-28(13-4-1)45-48-46(29-14-5-2-6-15-29)50-47(49-45)37-20-11-19-36-39-26-30(22-25-42(39)52-44(36)37)38-27-40-33(31-16-7-8-17-32(31)38)23-24-35-34-18-9-10-21-41(34)51-43(35)40/h1-26,38H,27H2. The van der Waals surface area contributed by atoms with Gasteiger partial charge < -0.3 is 4.42 Å². The highest BCUT2D eigenvalue weighted by Crippen LogP contribution is 2.48. The zero-order valence-corrected chi connectivity index (χ0v) is 28.8. The molecule has 7 aromatic carbocycles. The van der Waals surface area contributed by atoms with Crippen LogP contribution in [0, 0.1) is 0 Å². The summed E-state index contributed by atoms with van der Waals surface area (Å²) in [6, 6.07) is 55.7. The molecule has 0 radical (unpaired) electrons. The largest absolute Gasteiger partial charge is 0.456 e. The summed E-state index contributed by atoms with van der Waals surface area (Å²) in [4.78, 5) is 15.1. The fraction of sp³-hybridized carbons (Fsp3) is 0.0426. The van der Waals surface area contributed by atoms with Crippen LogP contribution < -0.4 is 0 Å². The maximum atomic E-state index is 6.58. The molecule has 52 heavy (non-hydrogen) atoms. The Hall–Kier alpha value is -6.43. The van der Waals surface area contributed by atoms with Gasteiger partial charge in [0.2, 0.25) is 0 Å². The first-order valence-electron chi connectivity index (χ1n) is 17.6. The molecular weight excluding hydrogens is 655 g/mol. The minimum absolute atomic E-state index is 0.190. The number of aromatic nitrogens is 3. The summed E-state index contributed by atoms with van der Waals surface area (Å²) in [5, 5.41) is 4.82. The number of hydrogen-bond acceptors (Lipinski definition) is 5. The molecule has 5 heteroatoms. The topological polar surface area (TPSA) is 51.8 Å². The quantitative estimate of drug-likeness (QED) is 0.185. The average molecular weight is 684 g/mol. The monoisotopic (exact) mass is 683 g/mol. The molecular formula is C47H29N3OS. The lowest BCUT2D eigenvalue weighted by molar-refractivity contribution is 0.657. The molecule has 4 nitrogen and oxygen atoms in total. The van der Waals surface area contributed by atoms with Crippen molar-refractivity contribution in [3.05, 3.63) is 174 Å². The zero-order chi connectivity index (χ0) is 34.2. The molecule has 0 aliphatic heterocycles. The first kappa shape index (κ1) is 29.3. The predicted molar refractivity (Wildman–Crippen MR) is 214 cm³/mol. The third-order valence-corrected chi connectivity index (χ3v) is 11.8. The minimum atomic E-state index is 0.190. The van der Waals surface area contributed by atoms with Crippen molar-refractivity contribution in [1.29, 1.82) is 0 Å². The van der Waals surface area contributed by atoms with E-state index in [0.29, 0.717) is 17.5 Å². The van der Waals surface area contributed by atoms with Gasteiger partial charge in [0.05, 0.1) is 0 Å². The van der Waals surface area contributed by atoms with Crippen LogP contribution in [0.15, 0.2) is 162 Å². The van der Waals surface area contributed by atoms with Crippen molar-refractivity contribution in [2.75, 3.05) is 0 Å². The first-order chi connectivity index (χ1) is 25.8. The van der Waals surface area contributed by atoms with Crippen LogP contribution in [0.2, 0.25) is 0 Å². The van der Waals surface area contributed by atoms with Crippen molar-refractivity contribution >= 4 is 53.4 Å². The Morgan fingerprint density at radius 2 is 1.17 bits per heavy atom. The number of thiophene rings is 1. The second kappa shape index (κ2) is 11.6. The molecule has 0 saturated carbocycles. The van der Waals surface area contributed by atoms with E-state index in [0.717, 1.165) is 34.3 Å². The van der Waals surface area contributed by atoms with Crippen molar-refractivity contribution in [2.45, 2.75) is 12.3 Å². The maximum Gasteiger partial charge on any atom is 0.165 e. The van der Waals surface area contributed by atoms with Crippen LogP contribution in [-0.4, -0.2) is 15.0 Å². The highest BCUT2D eigenvalue weighted by molar-refractivity contribution is 7.26. The zero-order valence-electron chi connectivity index (χ0n) is 28.0. The molecule has 3 aromatic heterocycles. The normalized spacial score (nSPS) is 13.9. The van der Waals surface area contributed by atoms with Crippen molar-refractivity contribution in [3.8, 4) is 45.3 Å². The van der Waals surface area contributed by atoms with Crippen LogP contribution in [0.3, 0.4) is 0 Å². The van der Waals surface area contributed by atoms with Gasteiger partial charge in [0, 0.05) is 59.1 Å². The molecule has 0 amide bonds. The number of para-hydroxylation sites is 1. The van der Waals surface area contributed by atoms with Gasteiger partial charge in [0.15, 0.2) is 17.5 Å². The van der Waals surface area contributed by atoms with Gasteiger partial charge in [-0.3, -0.25) is 0 Å². The smallest absolute Gasteiger partial charge is 0.165 e. The highest BCUT2D eigenvalue weighted by Gasteiger charge is 2.29. The third-order valence-electron chi connectivity index (χ3n) is 10.5. The molecule has 0 saturated heterocycles. The molecule has 11 rings (SSSR count). The molecule has 1 atom stereocenters. The molecule has 1 aliphatic carbocycles. The molecule has 244 valence electrons. The van der Waals surface area contributed by atoms with E-state index in [1.165, 1.54) is 58.8 Å². The Balaban J connectivity index is 1.07. The highest BCUT2D eigenvalue weighted by atomic mass is 32.1. The van der Waals surface area contributed by atoms with Gasteiger partial charge in [-0.05, 0) is 59.0 Å².